The molecule has 1 aliphatic rings. The van der Waals surface area contributed by atoms with Gasteiger partial charge in [0.05, 0.1) is 0 Å². The highest BCUT2D eigenvalue weighted by atomic mass is 16.5. The third-order valence-corrected chi connectivity index (χ3v) is 4.10. The Kier molecular flexibility index (Phi) is 5.18. The molecular weight excluding hydrogens is 318 g/mol. The molecule has 25 heavy (non-hydrogen) atoms. The fourth-order valence-electron chi connectivity index (χ4n) is 2.69. The van der Waals surface area contributed by atoms with E-state index in [1.165, 1.54) is 0 Å². The third kappa shape index (κ3) is 4.29. The van der Waals surface area contributed by atoms with Crippen LogP contribution in [0.5, 0.6) is 5.75 Å². The number of anilines is 1. The number of carbonyl (C=O) groups is 2. The maximum Gasteiger partial charge on any atom is 0.319 e. The van der Waals surface area contributed by atoms with E-state index in [4.69, 9.17) is 4.74 Å². The number of rotatable bonds is 4. The molecule has 0 unspecified atom stereocenters. The molecule has 130 valence electrons. The first-order valence-corrected chi connectivity index (χ1v) is 8.22. The van der Waals surface area contributed by atoms with Crippen LogP contribution < -0.4 is 15.4 Å². The van der Waals surface area contributed by atoms with Crippen LogP contribution in [0.25, 0.3) is 0 Å². The summed E-state index contributed by atoms with van der Waals surface area (Å²) in [5.41, 5.74) is 2.74. The fraction of sp³-hybridized carbons (Fsp3) is 0.263. The molecule has 0 fully saturated rings. The van der Waals surface area contributed by atoms with Crippen LogP contribution in [-0.2, 0) is 11.3 Å². The summed E-state index contributed by atoms with van der Waals surface area (Å²) < 4.78 is 5.52. The van der Waals surface area contributed by atoms with E-state index in [2.05, 4.69) is 10.6 Å². The minimum atomic E-state index is -0.284. The van der Waals surface area contributed by atoms with Gasteiger partial charge in [0.1, 0.15) is 5.75 Å². The average molecular weight is 339 g/mol. The molecular formula is C19H21N3O3. The summed E-state index contributed by atoms with van der Waals surface area (Å²) in [4.78, 5) is 25.9. The van der Waals surface area contributed by atoms with Crippen LogP contribution >= 0.6 is 0 Å². The molecule has 0 saturated heterocycles. The highest BCUT2D eigenvalue weighted by molar-refractivity contribution is 5.90. The lowest BCUT2D eigenvalue weighted by molar-refractivity contribution is -0.133. The topological polar surface area (TPSA) is 70.7 Å². The molecule has 6 nitrogen and oxygen atoms in total. The number of hydrogen-bond acceptors (Lipinski definition) is 3. The Morgan fingerprint density at radius 1 is 1.16 bits per heavy atom. The molecule has 2 aromatic carbocycles. The molecule has 2 N–H and O–H groups in total. The van der Waals surface area contributed by atoms with Gasteiger partial charge < -0.3 is 20.3 Å². The van der Waals surface area contributed by atoms with Crippen LogP contribution in [0.1, 0.15) is 11.1 Å². The van der Waals surface area contributed by atoms with E-state index >= 15 is 0 Å². The van der Waals surface area contributed by atoms with Crippen LogP contribution in [0.15, 0.2) is 48.5 Å². The van der Waals surface area contributed by atoms with Gasteiger partial charge in [0.2, 0.25) is 0 Å². The van der Waals surface area contributed by atoms with Crippen molar-refractivity contribution in [1.82, 2.24) is 10.2 Å². The predicted molar refractivity (Wildman–Crippen MR) is 95.6 cm³/mol. The standard InChI is InChI=1S/C19H21N3O3/c1-14-6-2-4-8-16(14)21-19(24)20-10-11-22-12-15-7-3-5-9-17(15)25-13-18(22)23/h2-9H,10-13H2,1H3,(H2,20,21,24). The van der Waals surface area contributed by atoms with Crippen molar-refractivity contribution in [1.29, 1.82) is 0 Å². The molecule has 0 saturated carbocycles. The van der Waals surface area contributed by atoms with Crippen molar-refractivity contribution in [2.24, 2.45) is 0 Å². The Balaban J connectivity index is 1.52. The minimum absolute atomic E-state index is 0.0203. The van der Waals surface area contributed by atoms with E-state index in [9.17, 15) is 9.59 Å². The number of hydrogen-bond donors (Lipinski definition) is 2. The number of ether oxygens (including phenoxy) is 1. The number of urea groups is 1. The van der Waals surface area contributed by atoms with Gasteiger partial charge in [-0.05, 0) is 24.6 Å². The summed E-state index contributed by atoms with van der Waals surface area (Å²) in [7, 11) is 0. The monoisotopic (exact) mass is 339 g/mol. The summed E-state index contributed by atoms with van der Waals surface area (Å²) in [6, 6.07) is 14.9. The van der Waals surface area contributed by atoms with E-state index in [0.717, 1.165) is 22.6 Å². The lowest BCUT2D eigenvalue weighted by Gasteiger charge is -2.20. The lowest BCUT2D eigenvalue weighted by Crippen LogP contribution is -2.40. The highest BCUT2D eigenvalue weighted by Crippen LogP contribution is 2.22. The Morgan fingerprint density at radius 3 is 2.76 bits per heavy atom. The van der Waals surface area contributed by atoms with E-state index in [0.29, 0.717) is 19.6 Å². The number of nitrogens with one attached hydrogen (secondary N) is 2. The summed E-state index contributed by atoms with van der Waals surface area (Å²) in [5, 5.41) is 5.59. The molecule has 0 spiro atoms. The number of benzene rings is 2. The van der Waals surface area contributed by atoms with Crippen molar-refractivity contribution in [3.05, 3.63) is 59.7 Å². The second kappa shape index (κ2) is 7.70. The van der Waals surface area contributed by atoms with Gasteiger partial charge >= 0.3 is 6.03 Å². The summed E-state index contributed by atoms with van der Waals surface area (Å²) in [6.07, 6.45) is 0. The van der Waals surface area contributed by atoms with Gasteiger partial charge in [0, 0.05) is 30.9 Å². The molecule has 6 heteroatoms. The molecule has 0 aliphatic carbocycles. The van der Waals surface area contributed by atoms with Gasteiger partial charge in [-0.15, -0.1) is 0 Å². The smallest absolute Gasteiger partial charge is 0.319 e. The number of para-hydroxylation sites is 2. The molecule has 1 heterocycles. The molecule has 3 amide bonds. The van der Waals surface area contributed by atoms with Crippen LogP contribution in [0.4, 0.5) is 10.5 Å². The second-order valence-corrected chi connectivity index (χ2v) is 5.91. The first-order chi connectivity index (χ1) is 12.1. The van der Waals surface area contributed by atoms with Crippen LogP contribution in [0, 0.1) is 6.92 Å². The van der Waals surface area contributed by atoms with Crippen molar-refractivity contribution in [3.8, 4) is 5.75 Å². The zero-order chi connectivity index (χ0) is 17.6. The molecule has 0 bridgehead atoms. The van der Waals surface area contributed by atoms with Crippen LogP contribution in [0.3, 0.4) is 0 Å². The molecule has 2 aromatic rings. The maximum atomic E-state index is 12.2. The van der Waals surface area contributed by atoms with Gasteiger partial charge in [-0.3, -0.25) is 4.79 Å². The van der Waals surface area contributed by atoms with Gasteiger partial charge in [0.25, 0.3) is 5.91 Å². The quantitative estimate of drug-likeness (QED) is 0.899. The normalized spacial score (nSPS) is 13.5. The summed E-state index contributed by atoms with van der Waals surface area (Å²) >= 11 is 0. The Labute approximate surface area is 146 Å². The van der Waals surface area contributed by atoms with Gasteiger partial charge in [-0.2, -0.15) is 0 Å². The van der Waals surface area contributed by atoms with Gasteiger partial charge in [-0.1, -0.05) is 36.4 Å². The Morgan fingerprint density at radius 2 is 1.92 bits per heavy atom. The van der Waals surface area contributed by atoms with Crippen molar-refractivity contribution in [2.45, 2.75) is 13.5 Å². The average Bonchev–Trinajstić information content (AvgIpc) is 2.77. The number of aryl methyl sites for hydroxylation is 1. The molecule has 0 radical (unpaired) electrons. The maximum absolute atomic E-state index is 12.2. The van der Waals surface area contributed by atoms with Gasteiger partial charge in [-0.25, -0.2) is 4.79 Å². The minimum Gasteiger partial charge on any atom is -0.483 e. The Hall–Kier alpha value is -3.02. The number of carbonyl (C=O) groups excluding carboxylic acids is 2. The lowest BCUT2D eigenvalue weighted by atomic mass is 10.2. The van der Waals surface area contributed by atoms with Crippen molar-refractivity contribution >= 4 is 17.6 Å². The summed E-state index contributed by atoms with van der Waals surface area (Å²) in [6.45, 7) is 3.23. The molecule has 3 rings (SSSR count). The first kappa shape index (κ1) is 16.8. The number of amides is 3. The third-order valence-electron chi connectivity index (χ3n) is 4.10. The molecule has 1 aliphatic heterocycles. The van der Waals surface area contributed by atoms with E-state index in [-0.39, 0.29) is 18.5 Å². The zero-order valence-corrected chi connectivity index (χ0v) is 14.1. The van der Waals surface area contributed by atoms with E-state index in [1.54, 1.807) is 4.90 Å². The Bertz CT molecular complexity index is 776. The van der Waals surface area contributed by atoms with Crippen molar-refractivity contribution in [2.75, 3.05) is 25.0 Å². The fourth-order valence-corrected chi connectivity index (χ4v) is 2.69. The zero-order valence-electron chi connectivity index (χ0n) is 14.1. The van der Waals surface area contributed by atoms with Crippen LogP contribution in [-0.4, -0.2) is 36.5 Å². The number of fused-ring (bicyclic) bond motifs is 1. The highest BCUT2D eigenvalue weighted by Gasteiger charge is 2.20. The summed E-state index contributed by atoms with van der Waals surface area (Å²) in [5.74, 6) is 0.654. The van der Waals surface area contributed by atoms with Crippen molar-refractivity contribution < 1.29 is 14.3 Å². The van der Waals surface area contributed by atoms with Crippen LogP contribution in [0.2, 0.25) is 0 Å². The largest absolute Gasteiger partial charge is 0.483 e. The van der Waals surface area contributed by atoms with E-state index < -0.39 is 0 Å². The van der Waals surface area contributed by atoms with E-state index in [1.807, 2.05) is 55.5 Å². The second-order valence-electron chi connectivity index (χ2n) is 5.91. The van der Waals surface area contributed by atoms with Gasteiger partial charge in [0.15, 0.2) is 6.61 Å². The molecule has 0 aromatic heterocycles. The first-order valence-electron chi connectivity index (χ1n) is 8.22. The SMILES string of the molecule is Cc1ccccc1NC(=O)NCCN1Cc2ccccc2OCC1=O. The molecule has 0 atom stereocenters. The van der Waals surface area contributed by atoms with Crippen molar-refractivity contribution in [3.63, 3.8) is 0 Å². The predicted octanol–water partition coefficient (Wildman–Crippen LogP) is 2.54. The number of nitrogens with zero attached hydrogens (tertiary/aromatic N) is 1.